The number of hydrogen-bond acceptors (Lipinski definition) is 1. The van der Waals surface area contributed by atoms with E-state index in [1.54, 1.807) is 0 Å². The minimum Gasteiger partial charge on any atom is -0.330 e. The van der Waals surface area contributed by atoms with Gasteiger partial charge < -0.3 is 5.73 Å². The van der Waals surface area contributed by atoms with Crippen molar-refractivity contribution in [1.82, 2.24) is 0 Å². The van der Waals surface area contributed by atoms with Crippen LogP contribution in [0.25, 0.3) is 0 Å². The van der Waals surface area contributed by atoms with Crippen molar-refractivity contribution in [2.24, 2.45) is 23.5 Å². The lowest BCUT2D eigenvalue weighted by molar-refractivity contribution is 0.324. The predicted octanol–water partition coefficient (Wildman–Crippen LogP) is 2.16. The van der Waals surface area contributed by atoms with E-state index in [4.69, 9.17) is 5.73 Å². The predicted molar refractivity (Wildman–Crippen MR) is 47.2 cm³/mol. The highest BCUT2D eigenvalue weighted by atomic mass is 14.6. The van der Waals surface area contributed by atoms with Crippen molar-refractivity contribution in [3.63, 3.8) is 0 Å². The van der Waals surface area contributed by atoms with E-state index in [2.05, 4.69) is 0 Å². The highest BCUT2D eigenvalue weighted by molar-refractivity contribution is 4.87. The van der Waals surface area contributed by atoms with Crippen LogP contribution in [-0.4, -0.2) is 6.54 Å². The second-order valence-electron chi connectivity index (χ2n) is 4.28. The summed E-state index contributed by atoms with van der Waals surface area (Å²) in [4.78, 5) is 0. The SMILES string of the molecule is NCC1C2CCCCC1CC2. The van der Waals surface area contributed by atoms with Gasteiger partial charge in [-0.1, -0.05) is 25.7 Å². The van der Waals surface area contributed by atoms with Gasteiger partial charge in [0, 0.05) is 0 Å². The van der Waals surface area contributed by atoms with Crippen LogP contribution in [0.5, 0.6) is 0 Å². The minimum absolute atomic E-state index is 0.900. The molecule has 2 rings (SSSR count). The van der Waals surface area contributed by atoms with Crippen LogP contribution < -0.4 is 5.73 Å². The minimum atomic E-state index is 0.900. The fraction of sp³-hybridized carbons (Fsp3) is 1.00. The molecule has 2 aliphatic carbocycles. The van der Waals surface area contributed by atoms with Crippen LogP contribution in [-0.2, 0) is 0 Å². The molecule has 0 heterocycles. The molecule has 1 nitrogen and oxygen atoms in total. The zero-order valence-corrected chi connectivity index (χ0v) is 7.26. The first-order valence-corrected chi connectivity index (χ1v) is 5.12. The zero-order chi connectivity index (χ0) is 7.68. The summed E-state index contributed by atoms with van der Waals surface area (Å²) < 4.78 is 0. The Morgan fingerprint density at radius 1 is 0.909 bits per heavy atom. The topological polar surface area (TPSA) is 26.0 Å². The molecule has 2 saturated carbocycles. The van der Waals surface area contributed by atoms with E-state index in [0.717, 1.165) is 24.3 Å². The highest BCUT2D eigenvalue weighted by Crippen LogP contribution is 2.44. The first-order valence-electron chi connectivity index (χ1n) is 5.12. The van der Waals surface area contributed by atoms with Gasteiger partial charge in [0.05, 0.1) is 0 Å². The van der Waals surface area contributed by atoms with E-state index < -0.39 is 0 Å². The summed E-state index contributed by atoms with van der Waals surface area (Å²) in [6, 6.07) is 0. The molecule has 2 N–H and O–H groups in total. The van der Waals surface area contributed by atoms with Gasteiger partial charge >= 0.3 is 0 Å². The third-order valence-corrected chi connectivity index (χ3v) is 3.79. The lowest BCUT2D eigenvalue weighted by atomic mass is 9.89. The molecule has 1 heteroatoms. The summed E-state index contributed by atoms with van der Waals surface area (Å²) in [5, 5.41) is 0. The Hall–Kier alpha value is -0.0400. The van der Waals surface area contributed by atoms with Gasteiger partial charge in [-0.2, -0.15) is 0 Å². The van der Waals surface area contributed by atoms with Crippen LogP contribution in [0.1, 0.15) is 38.5 Å². The molecule has 2 fully saturated rings. The zero-order valence-electron chi connectivity index (χ0n) is 7.26. The molecule has 0 amide bonds. The second-order valence-corrected chi connectivity index (χ2v) is 4.28. The molecule has 2 bridgehead atoms. The first kappa shape index (κ1) is 7.60. The lowest BCUT2D eigenvalue weighted by Gasteiger charge is -2.19. The van der Waals surface area contributed by atoms with Gasteiger partial charge in [-0.05, 0) is 37.1 Å². The highest BCUT2D eigenvalue weighted by Gasteiger charge is 2.35. The van der Waals surface area contributed by atoms with Crippen LogP contribution >= 0.6 is 0 Å². The average Bonchev–Trinajstić information content (AvgIpc) is 2.23. The number of fused-ring (bicyclic) bond motifs is 2. The van der Waals surface area contributed by atoms with Gasteiger partial charge in [0.25, 0.3) is 0 Å². The Morgan fingerprint density at radius 2 is 1.45 bits per heavy atom. The first-order chi connectivity index (χ1) is 5.42. The van der Waals surface area contributed by atoms with Gasteiger partial charge in [0.1, 0.15) is 0 Å². The largest absolute Gasteiger partial charge is 0.330 e. The molecule has 0 aliphatic heterocycles. The van der Waals surface area contributed by atoms with Gasteiger partial charge in [-0.15, -0.1) is 0 Å². The van der Waals surface area contributed by atoms with Crippen molar-refractivity contribution in [3.8, 4) is 0 Å². The Kier molecular flexibility index (Phi) is 2.17. The van der Waals surface area contributed by atoms with Crippen LogP contribution in [0.3, 0.4) is 0 Å². The molecule has 0 saturated heterocycles. The smallest absolute Gasteiger partial charge is 0.00436 e. The van der Waals surface area contributed by atoms with Gasteiger partial charge in [-0.25, -0.2) is 0 Å². The van der Waals surface area contributed by atoms with Crippen LogP contribution in [0, 0.1) is 17.8 Å². The molecule has 0 spiro atoms. The number of nitrogens with two attached hydrogens (primary N) is 1. The molecule has 2 aliphatic rings. The fourth-order valence-electron chi connectivity index (χ4n) is 3.16. The lowest BCUT2D eigenvalue weighted by Crippen LogP contribution is -2.22. The van der Waals surface area contributed by atoms with Crippen molar-refractivity contribution in [2.75, 3.05) is 6.54 Å². The van der Waals surface area contributed by atoms with Crippen LogP contribution in [0.15, 0.2) is 0 Å². The summed E-state index contributed by atoms with van der Waals surface area (Å²) in [5.41, 5.74) is 5.79. The summed E-state index contributed by atoms with van der Waals surface area (Å²) in [6.07, 6.45) is 8.84. The number of hydrogen-bond donors (Lipinski definition) is 1. The molecule has 2 atom stereocenters. The summed E-state index contributed by atoms with van der Waals surface area (Å²) >= 11 is 0. The number of rotatable bonds is 1. The molecule has 0 aromatic heterocycles. The molecule has 2 unspecified atom stereocenters. The monoisotopic (exact) mass is 153 g/mol. The van der Waals surface area contributed by atoms with Crippen molar-refractivity contribution in [3.05, 3.63) is 0 Å². The Labute approximate surface area is 69.4 Å². The Morgan fingerprint density at radius 3 is 1.91 bits per heavy atom. The molecular weight excluding hydrogens is 134 g/mol. The standard InChI is InChI=1S/C10H19N/c11-7-10-8-3-1-2-4-9(10)6-5-8/h8-10H,1-7,11H2. The second kappa shape index (κ2) is 3.14. The van der Waals surface area contributed by atoms with E-state index >= 15 is 0 Å². The fourth-order valence-corrected chi connectivity index (χ4v) is 3.16. The molecular formula is C10H19N. The summed E-state index contributed by atoms with van der Waals surface area (Å²) in [6.45, 7) is 0.954. The third-order valence-electron chi connectivity index (χ3n) is 3.79. The van der Waals surface area contributed by atoms with Crippen molar-refractivity contribution in [2.45, 2.75) is 38.5 Å². The maximum atomic E-state index is 5.79. The maximum absolute atomic E-state index is 5.79. The van der Waals surface area contributed by atoms with Gasteiger partial charge in [0.15, 0.2) is 0 Å². The quantitative estimate of drug-likeness (QED) is 0.614. The van der Waals surface area contributed by atoms with Gasteiger partial charge in [0.2, 0.25) is 0 Å². The Balaban J connectivity index is 2.06. The third kappa shape index (κ3) is 1.31. The van der Waals surface area contributed by atoms with Crippen molar-refractivity contribution in [1.29, 1.82) is 0 Å². The summed E-state index contributed by atoms with van der Waals surface area (Å²) in [7, 11) is 0. The van der Waals surface area contributed by atoms with Gasteiger partial charge in [-0.3, -0.25) is 0 Å². The van der Waals surface area contributed by atoms with E-state index in [9.17, 15) is 0 Å². The van der Waals surface area contributed by atoms with E-state index in [1.807, 2.05) is 0 Å². The van der Waals surface area contributed by atoms with E-state index in [1.165, 1.54) is 38.5 Å². The molecule has 0 aromatic carbocycles. The van der Waals surface area contributed by atoms with Crippen LogP contribution in [0.4, 0.5) is 0 Å². The molecule has 11 heavy (non-hydrogen) atoms. The Bertz CT molecular complexity index is 119. The van der Waals surface area contributed by atoms with E-state index in [0.29, 0.717) is 0 Å². The normalized spacial score (nSPS) is 43.9. The van der Waals surface area contributed by atoms with Crippen LogP contribution in [0.2, 0.25) is 0 Å². The molecule has 0 radical (unpaired) electrons. The van der Waals surface area contributed by atoms with E-state index in [-0.39, 0.29) is 0 Å². The molecule has 0 aromatic rings. The summed E-state index contributed by atoms with van der Waals surface area (Å²) in [5.74, 6) is 2.91. The maximum Gasteiger partial charge on any atom is -0.00436 e. The molecule has 64 valence electrons. The van der Waals surface area contributed by atoms with Crippen molar-refractivity contribution >= 4 is 0 Å². The van der Waals surface area contributed by atoms with Crippen molar-refractivity contribution < 1.29 is 0 Å². The average molecular weight is 153 g/mol.